The molecule has 1 aliphatic rings. The number of urea groups is 1. The Morgan fingerprint density at radius 2 is 1.97 bits per heavy atom. The Bertz CT molecular complexity index is 958. The lowest BCUT2D eigenvalue weighted by Gasteiger charge is -2.17. The molecule has 4 rings (SSSR count). The van der Waals surface area contributed by atoms with Gasteiger partial charge >= 0.3 is 6.03 Å². The van der Waals surface area contributed by atoms with Crippen molar-refractivity contribution in [3.8, 4) is 17.1 Å². The van der Waals surface area contributed by atoms with Crippen LogP contribution >= 0.6 is 0 Å². The van der Waals surface area contributed by atoms with E-state index in [2.05, 4.69) is 27.4 Å². The normalized spacial score (nSPS) is 18.6. The van der Waals surface area contributed by atoms with Gasteiger partial charge in [-0.3, -0.25) is 4.98 Å². The average Bonchev–Trinajstić information content (AvgIpc) is 3.40. The van der Waals surface area contributed by atoms with Crippen molar-refractivity contribution in [1.82, 2.24) is 25.3 Å². The third kappa shape index (κ3) is 4.21. The van der Waals surface area contributed by atoms with E-state index in [4.69, 9.17) is 9.26 Å². The van der Waals surface area contributed by atoms with E-state index in [1.54, 1.807) is 24.4 Å². The van der Waals surface area contributed by atoms with Crippen molar-refractivity contribution < 1.29 is 14.1 Å². The van der Waals surface area contributed by atoms with Gasteiger partial charge in [0.25, 0.3) is 0 Å². The van der Waals surface area contributed by atoms with Gasteiger partial charge in [-0.1, -0.05) is 24.2 Å². The zero-order valence-electron chi connectivity index (χ0n) is 16.4. The molecule has 3 heterocycles. The second-order valence-corrected chi connectivity index (χ2v) is 7.19. The van der Waals surface area contributed by atoms with Crippen molar-refractivity contribution in [3.63, 3.8) is 0 Å². The van der Waals surface area contributed by atoms with Crippen LogP contribution in [0.1, 0.15) is 24.3 Å². The molecule has 8 heteroatoms. The number of pyridine rings is 1. The summed E-state index contributed by atoms with van der Waals surface area (Å²) in [5, 5.41) is 7.06. The highest BCUT2D eigenvalue weighted by molar-refractivity contribution is 5.74. The van der Waals surface area contributed by atoms with Crippen molar-refractivity contribution in [3.05, 3.63) is 60.2 Å². The van der Waals surface area contributed by atoms with E-state index >= 15 is 0 Å². The van der Waals surface area contributed by atoms with Gasteiger partial charge in [-0.25, -0.2) is 4.79 Å². The van der Waals surface area contributed by atoms with Gasteiger partial charge in [0.2, 0.25) is 11.7 Å². The quantitative estimate of drug-likeness (QED) is 0.716. The van der Waals surface area contributed by atoms with Gasteiger partial charge in [0.15, 0.2) is 0 Å². The topological polar surface area (TPSA) is 93.4 Å². The van der Waals surface area contributed by atoms with Crippen molar-refractivity contribution in [2.45, 2.75) is 19.4 Å². The molecule has 1 aromatic carbocycles. The first-order chi connectivity index (χ1) is 14.1. The minimum atomic E-state index is -0.0935. The van der Waals surface area contributed by atoms with Crippen LogP contribution in [0.15, 0.2) is 53.3 Å². The van der Waals surface area contributed by atoms with Crippen LogP contribution in [0.3, 0.4) is 0 Å². The summed E-state index contributed by atoms with van der Waals surface area (Å²) >= 11 is 0. The summed E-state index contributed by atoms with van der Waals surface area (Å²) in [6, 6.07) is 11.2. The standard InChI is InChI=1S/C21H23N5O3/c1-14-12-26(21(27)23-11-15-3-5-17(28-2)6-4-15)13-18(14)20-24-19(25-29-20)16-7-9-22-10-8-16/h3-10,14,18H,11-13H2,1-2H3,(H,23,27). The number of hydrogen-bond donors (Lipinski definition) is 1. The number of ether oxygens (including phenoxy) is 1. The summed E-state index contributed by atoms with van der Waals surface area (Å²) in [5.74, 6) is 2.14. The average molecular weight is 393 g/mol. The smallest absolute Gasteiger partial charge is 0.317 e. The van der Waals surface area contributed by atoms with E-state index in [9.17, 15) is 4.79 Å². The molecule has 0 spiro atoms. The van der Waals surface area contributed by atoms with Crippen LogP contribution in [0.5, 0.6) is 5.75 Å². The van der Waals surface area contributed by atoms with Gasteiger partial charge in [0, 0.05) is 37.6 Å². The number of aromatic nitrogens is 3. The Hall–Kier alpha value is -3.42. The lowest BCUT2D eigenvalue weighted by molar-refractivity contribution is 0.206. The van der Waals surface area contributed by atoms with Gasteiger partial charge in [-0.2, -0.15) is 4.98 Å². The summed E-state index contributed by atoms with van der Waals surface area (Å²) in [6.45, 7) is 3.75. The molecule has 8 nitrogen and oxygen atoms in total. The molecule has 0 radical (unpaired) electrons. The third-order valence-electron chi connectivity index (χ3n) is 5.20. The molecule has 2 amide bonds. The minimum Gasteiger partial charge on any atom is -0.497 e. The molecular formula is C21H23N5O3. The molecule has 1 fully saturated rings. The maximum absolute atomic E-state index is 12.6. The first-order valence-electron chi connectivity index (χ1n) is 9.53. The third-order valence-corrected chi connectivity index (χ3v) is 5.20. The Kier molecular flexibility index (Phi) is 5.41. The van der Waals surface area contributed by atoms with Gasteiger partial charge in [0.05, 0.1) is 13.0 Å². The number of carbonyl (C=O) groups is 1. The van der Waals surface area contributed by atoms with Crippen LogP contribution in [0.2, 0.25) is 0 Å². The molecule has 3 aromatic rings. The maximum Gasteiger partial charge on any atom is 0.317 e. The van der Waals surface area contributed by atoms with Crippen LogP contribution in [0.25, 0.3) is 11.4 Å². The molecule has 1 aliphatic heterocycles. The fourth-order valence-electron chi connectivity index (χ4n) is 3.49. The van der Waals surface area contributed by atoms with Gasteiger partial charge < -0.3 is 19.5 Å². The van der Waals surface area contributed by atoms with Crippen molar-refractivity contribution in [2.75, 3.05) is 20.2 Å². The second-order valence-electron chi connectivity index (χ2n) is 7.19. The molecule has 2 unspecified atom stereocenters. The summed E-state index contributed by atoms with van der Waals surface area (Å²) < 4.78 is 10.7. The highest BCUT2D eigenvalue weighted by Gasteiger charge is 2.37. The number of nitrogens with one attached hydrogen (secondary N) is 1. The lowest BCUT2D eigenvalue weighted by atomic mass is 9.98. The van der Waals surface area contributed by atoms with Crippen molar-refractivity contribution >= 4 is 6.03 Å². The van der Waals surface area contributed by atoms with Crippen LogP contribution < -0.4 is 10.1 Å². The zero-order valence-corrected chi connectivity index (χ0v) is 16.4. The van der Waals surface area contributed by atoms with Crippen LogP contribution in [0.4, 0.5) is 4.79 Å². The highest BCUT2D eigenvalue weighted by atomic mass is 16.5. The molecule has 2 atom stereocenters. The number of nitrogens with zero attached hydrogens (tertiary/aromatic N) is 4. The molecule has 0 aliphatic carbocycles. The molecule has 1 N–H and O–H groups in total. The largest absolute Gasteiger partial charge is 0.497 e. The Morgan fingerprint density at radius 1 is 1.21 bits per heavy atom. The van der Waals surface area contributed by atoms with E-state index < -0.39 is 0 Å². The SMILES string of the molecule is COc1ccc(CNC(=O)N2CC(C)C(c3nc(-c4ccncc4)no3)C2)cc1. The number of benzene rings is 1. The summed E-state index contributed by atoms with van der Waals surface area (Å²) in [4.78, 5) is 22.9. The number of methoxy groups -OCH3 is 1. The number of carbonyl (C=O) groups excluding carboxylic acids is 1. The second kappa shape index (κ2) is 8.30. The Labute approximate surface area is 168 Å². The van der Waals surface area contributed by atoms with E-state index in [1.165, 1.54) is 0 Å². The molecule has 0 saturated carbocycles. The van der Waals surface area contributed by atoms with Gasteiger partial charge in [-0.15, -0.1) is 0 Å². The molecule has 1 saturated heterocycles. The fraction of sp³-hybridized carbons (Fsp3) is 0.333. The van der Waals surface area contributed by atoms with Crippen molar-refractivity contribution in [2.24, 2.45) is 5.92 Å². The fourth-order valence-corrected chi connectivity index (χ4v) is 3.49. The van der Waals surface area contributed by atoms with E-state index in [0.29, 0.717) is 31.3 Å². The number of hydrogen-bond acceptors (Lipinski definition) is 6. The van der Waals surface area contributed by atoms with Gasteiger partial charge in [-0.05, 0) is 35.7 Å². The first kappa shape index (κ1) is 18.9. The van der Waals surface area contributed by atoms with Crippen molar-refractivity contribution in [1.29, 1.82) is 0 Å². The predicted molar refractivity (Wildman–Crippen MR) is 106 cm³/mol. The zero-order chi connectivity index (χ0) is 20.2. The lowest BCUT2D eigenvalue weighted by Crippen LogP contribution is -2.38. The minimum absolute atomic E-state index is 0.0184. The molecule has 0 bridgehead atoms. The van der Waals surface area contributed by atoms with Gasteiger partial charge in [0.1, 0.15) is 5.75 Å². The van der Waals surface area contributed by atoms with E-state index in [-0.39, 0.29) is 17.9 Å². The molecule has 150 valence electrons. The van der Waals surface area contributed by atoms with Crippen LogP contribution in [-0.2, 0) is 6.54 Å². The number of rotatable bonds is 5. The maximum atomic E-state index is 12.6. The van der Waals surface area contributed by atoms with Crippen LogP contribution in [-0.4, -0.2) is 46.3 Å². The molecule has 29 heavy (non-hydrogen) atoms. The summed E-state index contributed by atoms with van der Waals surface area (Å²) in [7, 11) is 1.63. The summed E-state index contributed by atoms with van der Waals surface area (Å²) in [6.07, 6.45) is 3.39. The summed E-state index contributed by atoms with van der Waals surface area (Å²) in [5.41, 5.74) is 1.87. The molecular weight excluding hydrogens is 370 g/mol. The highest BCUT2D eigenvalue weighted by Crippen LogP contribution is 2.32. The Morgan fingerprint density at radius 3 is 2.69 bits per heavy atom. The van der Waals surface area contributed by atoms with E-state index in [0.717, 1.165) is 16.9 Å². The molecule has 2 aromatic heterocycles. The predicted octanol–water partition coefficient (Wildman–Crippen LogP) is 3.09. The van der Waals surface area contributed by atoms with Crippen LogP contribution in [0, 0.1) is 5.92 Å². The van der Waals surface area contributed by atoms with E-state index in [1.807, 2.05) is 36.4 Å². The first-order valence-corrected chi connectivity index (χ1v) is 9.53. The number of amides is 2. The monoisotopic (exact) mass is 393 g/mol. The Balaban J connectivity index is 1.36. The number of likely N-dealkylation sites (tertiary alicyclic amines) is 1.